The molecule has 1 aliphatic heterocycles. The lowest BCUT2D eigenvalue weighted by atomic mass is 10.1. The second kappa shape index (κ2) is 5.58. The predicted molar refractivity (Wildman–Crippen MR) is 89.0 cm³/mol. The summed E-state index contributed by atoms with van der Waals surface area (Å²) in [5.74, 6) is 0.550. The summed E-state index contributed by atoms with van der Waals surface area (Å²) in [6.45, 7) is 0.559. The fourth-order valence-corrected chi connectivity index (χ4v) is 2.85. The van der Waals surface area contributed by atoms with Crippen molar-refractivity contribution in [2.75, 3.05) is 11.4 Å². The number of guanidine groups is 1. The summed E-state index contributed by atoms with van der Waals surface area (Å²) in [5, 5.41) is 9.88. The minimum atomic E-state index is -0.0238. The molecular formula is C15H13BrClN3O. The molecule has 0 aromatic heterocycles. The minimum Gasteiger partial charge on any atom is -0.506 e. The topological polar surface area (TPSA) is 61.9 Å². The lowest BCUT2D eigenvalue weighted by Crippen LogP contribution is -2.36. The van der Waals surface area contributed by atoms with E-state index in [1.54, 1.807) is 12.1 Å². The van der Waals surface area contributed by atoms with E-state index in [0.29, 0.717) is 17.5 Å². The molecule has 6 heteroatoms. The Kier molecular flexibility index (Phi) is 3.78. The first-order valence-electron chi connectivity index (χ1n) is 6.39. The molecular weight excluding hydrogens is 354 g/mol. The van der Waals surface area contributed by atoms with Crippen molar-refractivity contribution in [3.05, 3.63) is 57.5 Å². The summed E-state index contributed by atoms with van der Waals surface area (Å²) in [4.78, 5) is 6.30. The number of nitrogens with two attached hydrogens (primary N) is 1. The normalized spacial score (nSPS) is 17.9. The van der Waals surface area contributed by atoms with Gasteiger partial charge in [0.15, 0.2) is 5.96 Å². The highest BCUT2D eigenvalue weighted by molar-refractivity contribution is 9.10. The molecule has 0 fully saturated rings. The van der Waals surface area contributed by atoms with Crippen LogP contribution in [0.25, 0.3) is 0 Å². The first-order chi connectivity index (χ1) is 10.1. The number of halogens is 2. The van der Waals surface area contributed by atoms with Crippen LogP contribution >= 0.6 is 27.5 Å². The Balaban J connectivity index is 1.98. The summed E-state index contributed by atoms with van der Waals surface area (Å²) in [6, 6.07) is 13.0. The highest BCUT2D eigenvalue weighted by Gasteiger charge is 2.29. The van der Waals surface area contributed by atoms with Crippen molar-refractivity contribution < 1.29 is 5.11 Å². The summed E-state index contributed by atoms with van der Waals surface area (Å²) < 4.78 is 1.00. The molecule has 2 aromatic carbocycles. The largest absolute Gasteiger partial charge is 0.506 e. The Morgan fingerprint density at radius 1 is 1.24 bits per heavy atom. The molecule has 1 heterocycles. The fraction of sp³-hybridized carbons (Fsp3) is 0.133. The van der Waals surface area contributed by atoms with Crippen LogP contribution in [0.5, 0.6) is 5.75 Å². The van der Waals surface area contributed by atoms with E-state index in [0.717, 1.165) is 15.7 Å². The third-order valence-electron chi connectivity index (χ3n) is 3.45. The highest BCUT2D eigenvalue weighted by Crippen LogP contribution is 2.34. The highest BCUT2D eigenvalue weighted by atomic mass is 79.9. The molecule has 3 N–H and O–H groups in total. The van der Waals surface area contributed by atoms with E-state index in [4.69, 9.17) is 17.3 Å². The van der Waals surface area contributed by atoms with E-state index < -0.39 is 0 Å². The average molecular weight is 367 g/mol. The van der Waals surface area contributed by atoms with Crippen molar-refractivity contribution in [2.24, 2.45) is 10.7 Å². The molecule has 0 saturated heterocycles. The van der Waals surface area contributed by atoms with Gasteiger partial charge < -0.3 is 15.7 Å². The third kappa shape index (κ3) is 2.71. The average Bonchev–Trinajstić information content (AvgIpc) is 2.85. The zero-order valence-corrected chi connectivity index (χ0v) is 13.3. The van der Waals surface area contributed by atoms with Crippen LogP contribution in [-0.4, -0.2) is 17.6 Å². The number of aliphatic imine (C=N–C) groups is 1. The lowest BCUT2D eigenvalue weighted by molar-refractivity contribution is 0.475. The molecule has 0 radical (unpaired) electrons. The lowest BCUT2D eigenvalue weighted by Gasteiger charge is -2.27. The van der Waals surface area contributed by atoms with Crippen molar-refractivity contribution in [3.8, 4) is 5.75 Å². The van der Waals surface area contributed by atoms with Crippen LogP contribution in [0.3, 0.4) is 0 Å². The van der Waals surface area contributed by atoms with E-state index in [1.165, 1.54) is 0 Å². The number of hydrogen-bond acceptors (Lipinski definition) is 4. The molecule has 2 aromatic rings. The quantitative estimate of drug-likeness (QED) is 0.852. The van der Waals surface area contributed by atoms with Gasteiger partial charge in [-0.15, -0.1) is 0 Å². The van der Waals surface area contributed by atoms with Gasteiger partial charge in [-0.05, 0) is 42.0 Å². The Morgan fingerprint density at radius 2 is 1.95 bits per heavy atom. The Hall–Kier alpha value is -1.72. The first-order valence-corrected chi connectivity index (χ1v) is 7.56. The van der Waals surface area contributed by atoms with Crippen molar-refractivity contribution in [1.82, 2.24) is 0 Å². The van der Waals surface area contributed by atoms with Crippen LogP contribution in [0.15, 0.2) is 51.9 Å². The molecule has 0 aliphatic carbocycles. The molecule has 108 valence electrons. The third-order valence-corrected chi connectivity index (χ3v) is 4.28. The maximum atomic E-state index is 9.55. The van der Waals surface area contributed by atoms with Crippen molar-refractivity contribution >= 4 is 39.2 Å². The van der Waals surface area contributed by atoms with Gasteiger partial charge in [-0.1, -0.05) is 33.6 Å². The van der Waals surface area contributed by atoms with Gasteiger partial charge in [0.05, 0.1) is 17.6 Å². The van der Waals surface area contributed by atoms with Crippen molar-refractivity contribution in [3.63, 3.8) is 0 Å². The Morgan fingerprint density at radius 3 is 2.62 bits per heavy atom. The number of nitrogens with zero attached hydrogens (tertiary/aromatic N) is 2. The molecule has 1 aliphatic rings. The van der Waals surface area contributed by atoms with Gasteiger partial charge in [-0.3, -0.25) is 4.99 Å². The second-order valence-corrected chi connectivity index (χ2v) is 6.09. The Labute approximate surface area is 136 Å². The van der Waals surface area contributed by atoms with Crippen molar-refractivity contribution in [2.45, 2.75) is 6.04 Å². The smallest absolute Gasteiger partial charge is 0.196 e. The molecule has 0 bridgehead atoms. The minimum absolute atomic E-state index is 0.0238. The van der Waals surface area contributed by atoms with Crippen molar-refractivity contribution in [1.29, 1.82) is 0 Å². The first kappa shape index (κ1) is 14.2. The Bertz CT molecular complexity index is 703. The number of benzene rings is 2. The molecule has 1 unspecified atom stereocenters. The summed E-state index contributed by atoms with van der Waals surface area (Å²) >= 11 is 9.42. The van der Waals surface area contributed by atoms with Crippen LogP contribution in [-0.2, 0) is 0 Å². The summed E-state index contributed by atoms with van der Waals surface area (Å²) in [5.41, 5.74) is 7.95. The van der Waals surface area contributed by atoms with Crippen LogP contribution in [0, 0.1) is 0 Å². The molecule has 0 saturated carbocycles. The fourth-order valence-electron chi connectivity index (χ4n) is 2.40. The SMILES string of the molecule is NC1=NCC(c2ccc(O)c(Cl)c2)N1c1ccc(Br)cc1. The van der Waals surface area contributed by atoms with E-state index in [-0.39, 0.29) is 11.8 Å². The number of phenolic OH excluding ortho intramolecular Hbond substituents is 1. The maximum Gasteiger partial charge on any atom is 0.196 e. The summed E-state index contributed by atoms with van der Waals surface area (Å²) in [6.07, 6.45) is 0. The number of hydrogen-bond donors (Lipinski definition) is 2. The van der Waals surface area contributed by atoms with E-state index >= 15 is 0 Å². The predicted octanol–water partition coefficient (Wildman–Crippen LogP) is 3.68. The van der Waals surface area contributed by atoms with Gasteiger partial charge in [0.1, 0.15) is 5.75 Å². The zero-order valence-electron chi connectivity index (χ0n) is 11.0. The number of phenols is 1. The van der Waals surface area contributed by atoms with Gasteiger partial charge in [0.25, 0.3) is 0 Å². The molecule has 21 heavy (non-hydrogen) atoms. The molecule has 1 atom stereocenters. The molecule has 0 spiro atoms. The van der Waals surface area contributed by atoms with E-state index in [2.05, 4.69) is 20.9 Å². The second-order valence-electron chi connectivity index (χ2n) is 4.77. The maximum absolute atomic E-state index is 9.55. The van der Waals surface area contributed by atoms with Gasteiger partial charge in [-0.25, -0.2) is 0 Å². The summed E-state index contributed by atoms with van der Waals surface area (Å²) in [7, 11) is 0. The zero-order chi connectivity index (χ0) is 15.0. The van der Waals surface area contributed by atoms with E-state index in [1.807, 2.05) is 35.2 Å². The van der Waals surface area contributed by atoms with Gasteiger partial charge in [-0.2, -0.15) is 0 Å². The number of anilines is 1. The molecule has 3 rings (SSSR count). The van der Waals surface area contributed by atoms with Gasteiger partial charge >= 0.3 is 0 Å². The standard InChI is InChI=1S/C15H13BrClN3O/c16-10-2-4-11(5-3-10)20-13(8-19-15(20)18)9-1-6-14(21)12(17)7-9/h1-7,13,21H,8H2,(H2,18,19). The molecule has 4 nitrogen and oxygen atoms in total. The number of rotatable bonds is 2. The van der Waals surface area contributed by atoms with Crippen LogP contribution in [0.1, 0.15) is 11.6 Å². The van der Waals surface area contributed by atoms with Crippen LogP contribution in [0.2, 0.25) is 5.02 Å². The van der Waals surface area contributed by atoms with Crippen LogP contribution < -0.4 is 10.6 Å². The van der Waals surface area contributed by atoms with Gasteiger partial charge in [0, 0.05) is 10.2 Å². The molecule has 0 amide bonds. The van der Waals surface area contributed by atoms with E-state index in [9.17, 15) is 5.11 Å². The monoisotopic (exact) mass is 365 g/mol. The van der Waals surface area contributed by atoms with Gasteiger partial charge in [0.2, 0.25) is 0 Å². The van der Waals surface area contributed by atoms with Crippen LogP contribution in [0.4, 0.5) is 5.69 Å². The number of aromatic hydroxyl groups is 1.